The van der Waals surface area contributed by atoms with Gasteiger partial charge in [0.05, 0.1) is 11.5 Å². The third-order valence-electron chi connectivity index (χ3n) is 3.78. The maximum atomic E-state index is 12.2. The molecule has 0 spiro atoms. The second kappa shape index (κ2) is 6.96. The molecule has 8 heteroatoms. The van der Waals surface area contributed by atoms with Crippen LogP contribution in [-0.2, 0) is 16.4 Å². The highest BCUT2D eigenvalue weighted by atomic mass is 32.2. The van der Waals surface area contributed by atoms with Crippen LogP contribution in [0.2, 0.25) is 0 Å². The summed E-state index contributed by atoms with van der Waals surface area (Å²) in [5, 5.41) is 5.94. The number of amides is 1. The Morgan fingerprint density at radius 1 is 1.29 bits per heavy atom. The minimum atomic E-state index is -3.02. The van der Waals surface area contributed by atoms with Crippen molar-refractivity contribution < 1.29 is 13.2 Å². The molecule has 0 bridgehead atoms. The Morgan fingerprint density at radius 2 is 2.17 bits per heavy atom. The summed E-state index contributed by atoms with van der Waals surface area (Å²) in [6.45, 7) is 0.583. The Balaban J connectivity index is 1.61. The van der Waals surface area contributed by atoms with Crippen LogP contribution in [0.25, 0.3) is 0 Å². The van der Waals surface area contributed by atoms with Gasteiger partial charge in [-0.15, -0.1) is 0 Å². The van der Waals surface area contributed by atoms with Crippen LogP contribution in [0.15, 0.2) is 42.9 Å². The first kappa shape index (κ1) is 16.4. The van der Waals surface area contributed by atoms with Gasteiger partial charge in [0.2, 0.25) is 0 Å². The van der Waals surface area contributed by atoms with Gasteiger partial charge in [0.1, 0.15) is 5.69 Å². The molecule has 24 heavy (non-hydrogen) atoms. The summed E-state index contributed by atoms with van der Waals surface area (Å²) in [4.78, 5) is 20.3. The molecule has 2 N–H and O–H groups in total. The normalized spacial score (nSPS) is 18.9. The maximum Gasteiger partial charge on any atom is 0.270 e. The van der Waals surface area contributed by atoms with Crippen LogP contribution < -0.4 is 10.6 Å². The molecule has 126 valence electrons. The van der Waals surface area contributed by atoms with Crippen molar-refractivity contribution >= 4 is 21.4 Å². The maximum absolute atomic E-state index is 12.2. The Hall–Kier alpha value is -2.48. The fourth-order valence-corrected chi connectivity index (χ4v) is 4.21. The van der Waals surface area contributed by atoms with Crippen molar-refractivity contribution in [2.45, 2.75) is 19.0 Å². The molecular weight excluding hydrogens is 328 g/mol. The second-order valence-electron chi connectivity index (χ2n) is 5.72. The van der Waals surface area contributed by atoms with E-state index in [2.05, 4.69) is 20.6 Å². The van der Waals surface area contributed by atoms with Crippen molar-refractivity contribution in [3.63, 3.8) is 0 Å². The molecule has 1 fully saturated rings. The summed E-state index contributed by atoms with van der Waals surface area (Å²) in [5.74, 6) is -0.238. The van der Waals surface area contributed by atoms with Crippen LogP contribution in [0.1, 0.15) is 22.5 Å². The van der Waals surface area contributed by atoms with Crippen LogP contribution in [0.3, 0.4) is 0 Å². The minimum absolute atomic E-state index is 0.00229. The monoisotopic (exact) mass is 346 g/mol. The summed E-state index contributed by atoms with van der Waals surface area (Å²) in [7, 11) is -3.02. The van der Waals surface area contributed by atoms with Crippen LogP contribution in [0.4, 0.5) is 5.69 Å². The van der Waals surface area contributed by atoms with Crippen LogP contribution in [-0.4, -0.2) is 41.8 Å². The van der Waals surface area contributed by atoms with Crippen molar-refractivity contribution in [1.82, 2.24) is 15.3 Å². The van der Waals surface area contributed by atoms with E-state index in [0.29, 0.717) is 13.0 Å². The van der Waals surface area contributed by atoms with Gasteiger partial charge >= 0.3 is 0 Å². The Labute approximate surface area is 140 Å². The number of rotatable bonds is 5. The van der Waals surface area contributed by atoms with Crippen LogP contribution >= 0.6 is 0 Å². The fraction of sp³-hybridized carbons (Fsp3) is 0.312. The number of nitrogens with zero attached hydrogens (tertiary/aromatic N) is 2. The lowest BCUT2D eigenvalue weighted by molar-refractivity contribution is 0.0936. The number of aromatic nitrogens is 2. The zero-order valence-electron chi connectivity index (χ0n) is 13.0. The van der Waals surface area contributed by atoms with Gasteiger partial charge in [-0.05, 0) is 30.2 Å². The molecule has 0 aliphatic carbocycles. The van der Waals surface area contributed by atoms with Gasteiger partial charge in [0.15, 0.2) is 9.84 Å². The van der Waals surface area contributed by atoms with Gasteiger partial charge < -0.3 is 10.6 Å². The zero-order valence-corrected chi connectivity index (χ0v) is 13.8. The third-order valence-corrected chi connectivity index (χ3v) is 5.55. The number of pyridine rings is 2. The van der Waals surface area contributed by atoms with Crippen molar-refractivity contribution in [3.05, 3.63) is 54.1 Å². The number of carbonyl (C=O) groups excluding carboxylic acids is 1. The number of hydrogen-bond donors (Lipinski definition) is 2. The lowest BCUT2D eigenvalue weighted by atomic mass is 10.2. The summed E-state index contributed by atoms with van der Waals surface area (Å²) < 4.78 is 22.9. The van der Waals surface area contributed by atoms with E-state index in [-0.39, 0.29) is 29.1 Å². The molecule has 7 nitrogen and oxygen atoms in total. The lowest BCUT2D eigenvalue weighted by Crippen LogP contribution is -2.36. The number of anilines is 1. The zero-order chi connectivity index (χ0) is 17.0. The molecule has 3 heterocycles. The van der Waals surface area contributed by atoms with E-state index in [4.69, 9.17) is 0 Å². The Morgan fingerprint density at radius 3 is 2.88 bits per heavy atom. The highest BCUT2D eigenvalue weighted by molar-refractivity contribution is 7.91. The molecule has 3 rings (SSSR count). The first-order chi connectivity index (χ1) is 11.5. The number of carbonyl (C=O) groups is 1. The standard InChI is InChI=1S/C16H18N4O3S/c21-16(20-14-4-7-24(22,23)11-14)15-8-13(3-6-18-15)19-10-12-2-1-5-17-9-12/h1-3,5-6,8-9,14H,4,7,10-11H2,(H,18,19)(H,20,21). The topological polar surface area (TPSA) is 101 Å². The molecule has 2 aromatic rings. The minimum Gasteiger partial charge on any atom is -0.381 e. The van der Waals surface area contributed by atoms with Crippen molar-refractivity contribution in [3.8, 4) is 0 Å². The highest BCUT2D eigenvalue weighted by Crippen LogP contribution is 2.13. The van der Waals surface area contributed by atoms with Gasteiger partial charge in [-0.2, -0.15) is 0 Å². The van der Waals surface area contributed by atoms with E-state index in [1.807, 2.05) is 12.1 Å². The van der Waals surface area contributed by atoms with E-state index >= 15 is 0 Å². The molecule has 1 amide bonds. The van der Waals surface area contributed by atoms with Crippen molar-refractivity contribution in [2.24, 2.45) is 0 Å². The van der Waals surface area contributed by atoms with E-state index in [1.165, 1.54) is 0 Å². The molecule has 1 aliphatic heterocycles. The highest BCUT2D eigenvalue weighted by Gasteiger charge is 2.29. The largest absolute Gasteiger partial charge is 0.381 e. The van der Waals surface area contributed by atoms with Gasteiger partial charge in [-0.1, -0.05) is 6.07 Å². The fourth-order valence-electron chi connectivity index (χ4n) is 2.54. The van der Waals surface area contributed by atoms with E-state index in [0.717, 1.165) is 11.3 Å². The van der Waals surface area contributed by atoms with Crippen LogP contribution in [0, 0.1) is 0 Å². The molecule has 0 saturated carbocycles. The molecular formula is C16H18N4O3S. The van der Waals surface area contributed by atoms with Gasteiger partial charge in [0.25, 0.3) is 5.91 Å². The van der Waals surface area contributed by atoms with E-state index in [1.54, 1.807) is 30.7 Å². The molecule has 1 aliphatic rings. The van der Waals surface area contributed by atoms with Gasteiger partial charge in [-0.25, -0.2) is 8.42 Å². The van der Waals surface area contributed by atoms with E-state index < -0.39 is 9.84 Å². The molecule has 1 atom stereocenters. The van der Waals surface area contributed by atoms with Gasteiger partial charge in [-0.3, -0.25) is 14.8 Å². The molecule has 0 aromatic carbocycles. The second-order valence-corrected chi connectivity index (χ2v) is 7.95. The Kier molecular flexibility index (Phi) is 4.75. The lowest BCUT2D eigenvalue weighted by Gasteiger charge is -2.11. The van der Waals surface area contributed by atoms with Crippen molar-refractivity contribution in [1.29, 1.82) is 0 Å². The summed E-state index contributed by atoms with van der Waals surface area (Å²) in [6.07, 6.45) is 5.48. The molecule has 2 aromatic heterocycles. The van der Waals surface area contributed by atoms with E-state index in [9.17, 15) is 13.2 Å². The Bertz CT molecular complexity index is 824. The molecule has 0 radical (unpaired) electrons. The number of hydrogen-bond acceptors (Lipinski definition) is 6. The average Bonchev–Trinajstić information content (AvgIpc) is 2.93. The van der Waals surface area contributed by atoms with Crippen molar-refractivity contribution in [2.75, 3.05) is 16.8 Å². The summed E-state index contributed by atoms with van der Waals surface area (Å²) >= 11 is 0. The van der Waals surface area contributed by atoms with Crippen LogP contribution in [0.5, 0.6) is 0 Å². The smallest absolute Gasteiger partial charge is 0.270 e. The van der Waals surface area contributed by atoms with Gasteiger partial charge in [0, 0.05) is 36.9 Å². The first-order valence-corrected chi connectivity index (χ1v) is 9.44. The summed E-state index contributed by atoms with van der Waals surface area (Å²) in [5.41, 5.74) is 2.05. The third kappa shape index (κ3) is 4.29. The quantitative estimate of drug-likeness (QED) is 0.838. The predicted molar refractivity (Wildman–Crippen MR) is 90.3 cm³/mol. The first-order valence-electron chi connectivity index (χ1n) is 7.62. The SMILES string of the molecule is O=C(NC1CCS(=O)(=O)C1)c1cc(NCc2cccnc2)ccn1. The molecule has 1 saturated heterocycles. The molecule has 1 unspecified atom stereocenters. The summed E-state index contributed by atoms with van der Waals surface area (Å²) in [6, 6.07) is 6.90. The number of nitrogens with one attached hydrogen (secondary N) is 2. The number of sulfone groups is 1. The predicted octanol–water partition coefficient (Wildman–Crippen LogP) is 1.01. The average molecular weight is 346 g/mol.